The average Bonchev–Trinajstić information content (AvgIpc) is 3.17. The number of hydrogen-bond acceptors (Lipinski definition) is 5. The van der Waals surface area contributed by atoms with E-state index in [9.17, 15) is 9.59 Å². The maximum absolute atomic E-state index is 13.4. The standard InChI is InChI=1S/C26H21N5O3/c1-17-22(26(33)30(29-17)19-8-4-3-5-9-19)16-27-31-24(18-12-14-20(34-2)15-13-18)28-23-11-7-6-10-21(23)25(31)32/h3-16,29H,1-2H3. The van der Waals surface area contributed by atoms with E-state index in [1.165, 1.54) is 15.6 Å². The zero-order valence-corrected chi connectivity index (χ0v) is 18.6. The molecule has 5 aromatic rings. The summed E-state index contributed by atoms with van der Waals surface area (Å²) in [5.41, 5.74) is 2.35. The Bertz CT molecular complexity index is 1630. The molecular weight excluding hydrogens is 430 g/mol. The minimum absolute atomic E-state index is 0.264. The van der Waals surface area contributed by atoms with Crippen LogP contribution in [0.3, 0.4) is 0 Å². The predicted octanol–water partition coefficient (Wildman–Crippen LogP) is 3.74. The van der Waals surface area contributed by atoms with Crippen molar-refractivity contribution in [2.75, 3.05) is 7.11 Å². The van der Waals surface area contributed by atoms with Crippen LogP contribution in [0.15, 0.2) is 93.6 Å². The maximum Gasteiger partial charge on any atom is 0.282 e. The first kappa shape index (κ1) is 21.1. The fraction of sp³-hybridized carbons (Fsp3) is 0.0769. The van der Waals surface area contributed by atoms with Crippen LogP contribution in [0.5, 0.6) is 5.75 Å². The zero-order chi connectivity index (χ0) is 23.7. The predicted molar refractivity (Wildman–Crippen MR) is 132 cm³/mol. The molecule has 8 nitrogen and oxygen atoms in total. The number of ether oxygens (including phenoxy) is 1. The molecule has 0 spiro atoms. The molecule has 0 radical (unpaired) electrons. The summed E-state index contributed by atoms with van der Waals surface area (Å²) in [6.07, 6.45) is 1.40. The lowest BCUT2D eigenvalue weighted by molar-refractivity contribution is 0.415. The van der Waals surface area contributed by atoms with Gasteiger partial charge in [-0.05, 0) is 55.5 Å². The highest BCUT2D eigenvalue weighted by Gasteiger charge is 2.14. The molecule has 0 aliphatic heterocycles. The van der Waals surface area contributed by atoms with Crippen LogP contribution in [0.1, 0.15) is 11.3 Å². The van der Waals surface area contributed by atoms with Crippen LogP contribution in [-0.2, 0) is 0 Å². The Morgan fingerprint density at radius 1 is 0.912 bits per heavy atom. The Morgan fingerprint density at radius 2 is 1.62 bits per heavy atom. The van der Waals surface area contributed by atoms with Gasteiger partial charge in [0.1, 0.15) is 5.75 Å². The van der Waals surface area contributed by atoms with E-state index in [0.717, 1.165) is 0 Å². The maximum atomic E-state index is 13.4. The highest BCUT2D eigenvalue weighted by Crippen LogP contribution is 2.22. The Kier molecular flexibility index (Phi) is 5.39. The van der Waals surface area contributed by atoms with Crippen LogP contribution in [0.2, 0.25) is 0 Å². The molecule has 2 heterocycles. The number of para-hydroxylation sites is 2. The van der Waals surface area contributed by atoms with E-state index >= 15 is 0 Å². The van der Waals surface area contributed by atoms with Crippen LogP contribution in [0, 0.1) is 6.92 Å². The third-order valence-corrected chi connectivity index (χ3v) is 5.54. The summed E-state index contributed by atoms with van der Waals surface area (Å²) in [5.74, 6) is 1.05. The first-order valence-corrected chi connectivity index (χ1v) is 10.6. The van der Waals surface area contributed by atoms with Crippen molar-refractivity contribution in [2.45, 2.75) is 6.92 Å². The number of methoxy groups -OCH3 is 1. The molecule has 2 aromatic heterocycles. The van der Waals surface area contributed by atoms with E-state index in [0.29, 0.717) is 45.0 Å². The molecule has 0 unspecified atom stereocenters. The van der Waals surface area contributed by atoms with E-state index in [2.05, 4.69) is 15.2 Å². The lowest BCUT2D eigenvalue weighted by Crippen LogP contribution is -2.21. The Labute approximate surface area is 194 Å². The van der Waals surface area contributed by atoms with E-state index in [1.807, 2.05) is 48.5 Å². The van der Waals surface area contributed by atoms with Gasteiger partial charge in [0.05, 0.1) is 35.5 Å². The van der Waals surface area contributed by atoms with Crippen LogP contribution >= 0.6 is 0 Å². The van der Waals surface area contributed by atoms with Gasteiger partial charge in [0.15, 0.2) is 5.82 Å². The second kappa shape index (κ2) is 8.67. The number of H-pyrrole nitrogens is 1. The number of fused-ring (bicyclic) bond motifs is 1. The largest absolute Gasteiger partial charge is 0.497 e. The van der Waals surface area contributed by atoms with E-state index in [-0.39, 0.29) is 11.1 Å². The number of aromatic nitrogens is 4. The third kappa shape index (κ3) is 3.71. The molecule has 0 fully saturated rings. The lowest BCUT2D eigenvalue weighted by Gasteiger charge is -2.10. The van der Waals surface area contributed by atoms with Crippen molar-refractivity contribution in [1.29, 1.82) is 0 Å². The van der Waals surface area contributed by atoms with Crippen molar-refractivity contribution in [3.63, 3.8) is 0 Å². The Balaban J connectivity index is 1.67. The second-order valence-electron chi connectivity index (χ2n) is 7.67. The van der Waals surface area contributed by atoms with Crippen LogP contribution in [0.4, 0.5) is 0 Å². The molecule has 0 aliphatic carbocycles. The summed E-state index contributed by atoms with van der Waals surface area (Å²) >= 11 is 0. The highest BCUT2D eigenvalue weighted by atomic mass is 16.5. The van der Waals surface area contributed by atoms with Gasteiger partial charge < -0.3 is 4.74 Å². The molecule has 3 aromatic carbocycles. The summed E-state index contributed by atoms with van der Waals surface area (Å²) in [5, 5.41) is 7.93. The molecule has 1 N–H and O–H groups in total. The first-order chi connectivity index (χ1) is 16.6. The molecule has 0 saturated heterocycles. The van der Waals surface area contributed by atoms with Gasteiger partial charge in [-0.15, -0.1) is 0 Å². The number of aromatic amines is 1. The Morgan fingerprint density at radius 3 is 2.35 bits per heavy atom. The summed E-state index contributed by atoms with van der Waals surface area (Å²) in [6, 6.07) is 23.6. The van der Waals surface area contributed by atoms with Crippen molar-refractivity contribution in [3.8, 4) is 22.8 Å². The van der Waals surface area contributed by atoms with Gasteiger partial charge in [0.25, 0.3) is 11.1 Å². The molecule has 0 aliphatic rings. The Hall–Kier alpha value is -4.72. The van der Waals surface area contributed by atoms with Gasteiger partial charge in [-0.1, -0.05) is 30.3 Å². The molecule has 5 rings (SSSR count). The normalized spacial score (nSPS) is 11.4. The van der Waals surface area contributed by atoms with Gasteiger partial charge in [-0.2, -0.15) is 9.78 Å². The molecule has 0 atom stereocenters. The molecule has 34 heavy (non-hydrogen) atoms. The minimum atomic E-state index is -0.329. The van der Waals surface area contributed by atoms with Crippen molar-refractivity contribution in [2.24, 2.45) is 5.10 Å². The number of rotatable bonds is 5. The van der Waals surface area contributed by atoms with Gasteiger partial charge in [-0.25, -0.2) is 9.67 Å². The molecule has 168 valence electrons. The van der Waals surface area contributed by atoms with E-state index < -0.39 is 0 Å². The number of nitrogens with zero attached hydrogens (tertiary/aromatic N) is 4. The van der Waals surface area contributed by atoms with E-state index in [4.69, 9.17) is 4.74 Å². The van der Waals surface area contributed by atoms with Crippen LogP contribution in [-0.4, -0.2) is 32.8 Å². The SMILES string of the molecule is COc1ccc(-c2nc3ccccc3c(=O)n2N=Cc2c(C)[nH]n(-c3ccccc3)c2=O)cc1. The second-order valence-corrected chi connectivity index (χ2v) is 7.67. The summed E-state index contributed by atoms with van der Waals surface area (Å²) in [6.45, 7) is 1.79. The van der Waals surface area contributed by atoms with Crippen LogP contribution < -0.4 is 15.9 Å². The van der Waals surface area contributed by atoms with Gasteiger partial charge in [0.2, 0.25) is 0 Å². The molecule has 0 saturated carbocycles. The van der Waals surface area contributed by atoms with Gasteiger partial charge in [-0.3, -0.25) is 14.7 Å². The summed E-state index contributed by atoms with van der Waals surface area (Å²) in [4.78, 5) is 31.1. The first-order valence-electron chi connectivity index (χ1n) is 10.6. The molecular formula is C26H21N5O3. The lowest BCUT2D eigenvalue weighted by atomic mass is 10.2. The average molecular weight is 451 g/mol. The molecule has 8 heteroatoms. The van der Waals surface area contributed by atoms with Gasteiger partial charge >= 0.3 is 0 Å². The highest BCUT2D eigenvalue weighted by molar-refractivity contribution is 5.82. The minimum Gasteiger partial charge on any atom is -0.497 e. The van der Waals surface area contributed by atoms with Crippen molar-refractivity contribution in [1.82, 2.24) is 19.4 Å². The van der Waals surface area contributed by atoms with Gasteiger partial charge in [0, 0.05) is 11.3 Å². The topological polar surface area (TPSA) is 94.3 Å². The van der Waals surface area contributed by atoms with Crippen molar-refractivity contribution < 1.29 is 4.74 Å². The third-order valence-electron chi connectivity index (χ3n) is 5.54. The number of nitrogens with one attached hydrogen (secondary N) is 1. The zero-order valence-electron chi connectivity index (χ0n) is 18.6. The summed E-state index contributed by atoms with van der Waals surface area (Å²) < 4.78 is 7.91. The molecule has 0 amide bonds. The van der Waals surface area contributed by atoms with E-state index in [1.54, 1.807) is 44.4 Å². The monoisotopic (exact) mass is 451 g/mol. The number of benzene rings is 3. The van der Waals surface area contributed by atoms with Crippen molar-refractivity contribution in [3.05, 3.63) is 111 Å². The molecule has 0 bridgehead atoms. The fourth-order valence-electron chi connectivity index (χ4n) is 3.74. The number of hydrogen-bond donors (Lipinski definition) is 1. The number of aryl methyl sites for hydroxylation is 1. The smallest absolute Gasteiger partial charge is 0.282 e. The van der Waals surface area contributed by atoms with Crippen LogP contribution in [0.25, 0.3) is 28.0 Å². The quantitative estimate of drug-likeness (QED) is 0.412. The van der Waals surface area contributed by atoms with Crippen molar-refractivity contribution >= 4 is 17.1 Å². The fourth-order valence-corrected chi connectivity index (χ4v) is 3.74. The summed E-state index contributed by atoms with van der Waals surface area (Å²) in [7, 11) is 1.59.